The van der Waals surface area contributed by atoms with Gasteiger partial charge in [0.15, 0.2) is 0 Å². The first-order chi connectivity index (χ1) is 7.25. The van der Waals surface area contributed by atoms with Crippen LogP contribution >= 0.6 is 11.6 Å². The van der Waals surface area contributed by atoms with Crippen LogP contribution in [0.3, 0.4) is 0 Å². The molecule has 2 heterocycles. The molecule has 0 amide bonds. The average molecular weight is 223 g/mol. The first kappa shape index (κ1) is 10.1. The van der Waals surface area contributed by atoms with E-state index in [0.29, 0.717) is 11.6 Å². The zero-order valence-electron chi connectivity index (χ0n) is 8.35. The molecule has 4 heteroatoms. The van der Waals surface area contributed by atoms with Crippen LogP contribution in [0.15, 0.2) is 41.1 Å². The van der Waals surface area contributed by atoms with E-state index in [0.717, 1.165) is 11.6 Å². The summed E-state index contributed by atoms with van der Waals surface area (Å²) in [5.74, 6) is 1.78. The van der Waals surface area contributed by atoms with Gasteiger partial charge in [-0.2, -0.15) is 0 Å². The molecular weight excluding hydrogens is 212 g/mol. The van der Waals surface area contributed by atoms with Crippen LogP contribution in [0, 0.1) is 0 Å². The van der Waals surface area contributed by atoms with Crippen LogP contribution in [-0.2, 0) is 6.54 Å². The molecule has 0 saturated carbocycles. The maximum atomic E-state index is 5.76. The standard InChI is InChI=1S/C11H11ClN2O/c1-14(8-10-3-2-6-15-10)11-5-4-9(12)7-13-11/h2-7H,8H2,1H3. The molecule has 0 atom stereocenters. The predicted octanol–water partition coefficient (Wildman–Crippen LogP) is 2.96. The number of hydrogen-bond donors (Lipinski definition) is 0. The number of anilines is 1. The summed E-state index contributed by atoms with van der Waals surface area (Å²) < 4.78 is 5.25. The Labute approximate surface area is 93.3 Å². The summed E-state index contributed by atoms with van der Waals surface area (Å²) in [6.45, 7) is 0.696. The molecule has 15 heavy (non-hydrogen) atoms. The van der Waals surface area contributed by atoms with Gasteiger partial charge in [-0.1, -0.05) is 11.6 Å². The minimum Gasteiger partial charge on any atom is -0.467 e. The third kappa shape index (κ3) is 2.50. The highest BCUT2D eigenvalue weighted by Crippen LogP contribution is 2.15. The molecule has 3 nitrogen and oxygen atoms in total. The van der Waals surface area contributed by atoms with Crippen molar-refractivity contribution < 1.29 is 4.42 Å². The van der Waals surface area contributed by atoms with Crippen molar-refractivity contribution >= 4 is 17.4 Å². The fraction of sp³-hybridized carbons (Fsp3) is 0.182. The van der Waals surface area contributed by atoms with E-state index in [2.05, 4.69) is 4.98 Å². The molecule has 0 aliphatic carbocycles. The summed E-state index contributed by atoms with van der Waals surface area (Å²) in [4.78, 5) is 6.21. The summed E-state index contributed by atoms with van der Waals surface area (Å²) >= 11 is 5.76. The van der Waals surface area contributed by atoms with Gasteiger partial charge < -0.3 is 9.32 Å². The molecular formula is C11H11ClN2O. The van der Waals surface area contributed by atoms with Gasteiger partial charge in [-0.25, -0.2) is 4.98 Å². The Hall–Kier alpha value is -1.48. The van der Waals surface area contributed by atoms with E-state index < -0.39 is 0 Å². The van der Waals surface area contributed by atoms with E-state index >= 15 is 0 Å². The summed E-state index contributed by atoms with van der Waals surface area (Å²) in [7, 11) is 1.96. The quantitative estimate of drug-likeness (QED) is 0.800. The Morgan fingerprint density at radius 2 is 2.27 bits per heavy atom. The molecule has 0 N–H and O–H groups in total. The third-order valence-electron chi connectivity index (χ3n) is 2.08. The van der Waals surface area contributed by atoms with Crippen molar-refractivity contribution in [2.45, 2.75) is 6.54 Å². The van der Waals surface area contributed by atoms with Crippen molar-refractivity contribution in [1.82, 2.24) is 4.98 Å². The predicted molar refractivity (Wildman–Crippen MR) is 60.1 cm³/mol. The van der Waals surface area contributed by atoms with Crippen molar-refractivity contribution in [3.05, 3.63) is 47.5 Å². The molecule has 0 unspecified atom stereocenters. The summed E-state index contributed by atoms with van der Waals surface area (Å²) in [5.41, 5.74) is 0. The Balaban J connectivity index is 2.08. The maximum absolute atomic E-state index is 5.76. The summed E-state index contributed by atoms with van der Waals surface area (Å²) in [5, 5.41) is 0.644. The van der Waals surface area contributed by atoms with Crippen molar-refractivity contribution in [3.8, 4) is 0 Å². The number of aromatic nitrogens is 1. The second-order valence-electron chi connectivity index (χ2n) is 3.27. The van der Waals surface area contributed by atoms with Crippen LogP contribution in [0.1, 0.15) is 5.76 Å². The van der Waals surface area contributed by atoms with Crippen molar-refractivity contribution in [2.24, 2.45) is 0 Å². The smallest absolute Gasteiger partial charge is 0.128 e. The second-order valence-corrected chi connectivity index (χ2v) is 3.71. The minimum atomic E-state index is 0.644. The molecule has 2 aromatic heterocycles. The lowest BCUT2D eigenvalue weighted by Gasteiger charge is -2.16. The van der Waals surface area contributed by atoms with Crippen LogP contribution in [0.2, 0.25) is 5.02 Å². The lowest BCUT2D eigenvalue weighted by Crippen LogP contribution is -2.16. The van der Waals surface area contributed by atoms with Gasteiger partial charge in [0, 0.05) is 13.2 Å². The van der Waals surface area contributed by atoms with Crippen molar-refractivity contribution in [1.29, 1.82) is 0 Å². The van der Waals surface area contributed by atoms with Gasteiger partial charge in [0.25, 0.3) is 0 Å². The second kappa shape index (κ2) is 4.36. The number of halogens is 1. The van der Waals surface area contributed by atoms with E-state index in [9.17, 15) is 0 Å². The minimum absolute atomic E-state index is 0.644. The van der Waals surface area contributed by atoms with Crippen LogP contribution in [-0.4, -0.2) is 12.0 Å². The monoisotopic (exact) mass is 222 g/mol. The largest absolute Gasteiger partial charge is 0.467 e. The average Bonchev–Trinajstić information content (AvgIpc) is 2.71. The third-order valence-corrected chi connectivity index (χ3v) is 2.30. The lowest BCUT2D eigenvalue weighted by atomic mass is 10.4. The fourth-order valence-electron chi connectivity index (χ4n) is 1.31. The van der Waals surface area contributed by atoms with Gasteiger partial charge in [0.05, 0.1) is 17.8 Å². The van der Waals surface area contributed by atoms with Crippen molar-refractivity contribution in [2.75, 3.05) is 11.9 Å². The first-order valence-electron chi connectivity index (χ1n) is 4.61. The van der Waals surface area contributed by atoms with Crippen LogP contribution in [0.4, 0.5) is 5.82 Å². The van der Waals surface area contributed by atoms with E-state index in [4.69, 9.17) is 16.0 Å². The van der Waals surface area contributed by atoms with E-state index in [1.807, 2.05) is 36.2 Å². The van der Waals surface area contributed by atoms with Gasteiger partial charge in [0.2, 0.25) is 0 Å². The zero-order chi connectivity index (χ0) is 10.7. The van der Waals surface area contributed by atoms with E-state index in [1.165, 1.54) is 0 Å². The Morgan fingerprint density at radius 1 is 1.40 bits per heavy atom. The molecule has 0 aromatic carbocycles. The molecule has 0 bridgehead atoms. The SMILES string of the molecule is CN(Cc1ccco1)c1ccc(Cl)cn1. The van der Waals surface area contributed by atoms with Gasteiger partial charge in [-0.05, 0) is 24.3 Å². The molecule has 0 radical (unpaired) electrons. The molecule has 78 valence electrons. The Bertz CT molecular complexity index is 411. The van der Waals surface area contributed by atoms with Gasteiger partial charge in [-0.15, -0.1) is 0 Å². The van der Waals surface area contributed by atoms with Crippen LogP contribution < -0.4 is 4.90 Å². The molecule has 2 rings (SSSR count). The summed E-state index contributed by atoms with van der Waals surface area (Å²) in [6, 6.07) is 7.51. The van der Waals surface area contributed by atoms with E-state index in [1.54, 1.807) is 12.5 Å². The highest BCUT2D eigenvalue weighted by molar-refractivity contribution is 6.30. The fourth-order valence-corrected chi connectivity index (χ4v) is 1.42. The molecule has 0 spiro atoms. The van der Waals surface area contributed by atoms with Crippen LogP contribution in [0.25, 0.3) is 0 Å². The van der Waals surface area contributed by atoms with E-state index in [-0.39, 0.29) is 0 Å². The number of pyridine rings is 1. The van der Waals surface area contributed by atoms with Gasteiger partial charge in [0.1, 0.15) is 11.6 Å². The van der Waals surface area contributed by atoms with Gasteiger partial charge >= 0.3 is 0 Å². The Kier molecular flexibility index (Phi) is 2.92. The van der Waals surface area contributed by atoms with Crippen LogP contribution in [0.5, 0.6) is 0 Å². The number of furan rings is 1. The maximum Gasteiger partial charge on any atom is 0.128 e. The van der Waals surface area contributed by atoms with Crippen molar-refractivity contribution in [3.63, 3.8) is 0 Å². The number of nitrogens with zero attached hydrogens (tertiary/aromatic N) is 2. The zero-order valence-corrected chi connectivity index (χ0v) is 9.11. The molecule has 0 aliphatic rings. The normalized spacial score (nSPS) is 10.3. The lowest BCUT2D eigenvalue weighted by molar-refractivity contribution is 0.507. The highest BCUT2D eigenvalue weighted by atomic mass is 35.5. The molecule has 0 saturated heterocycles. The highest BCUT2D eigenvalue weighted by Gasteiger charge is 2.04. The first-order valence-corrected chi connectivity index (χ1v) is 4.98. The molecule has 2 aromatic rings. The molecule has 0 aliphatic heterocycles. The Morgan fingerprint density at radius 3 is 2.87 bits per heavy atom. The van der Waals surface area contributed by atoms with Gasteiger partial charge in [-0.3, -0.25) is 0 Å². The number of rotatable bonds is 3. The number of hydrogen-bond acceptors (Lipinski definition) is 3. The topological polar surface area (TPSA) is 29.3 Å². The summed E-state index contributed by atoms with van der Waals surface area (Å²) in [6.07, 6.45) is 3.30. The molecule has 0 fully saturated rings.